The number of rotatable bonds is 0. The summed E-state index contributed by atoms with van der Waals surface area (Å²) in [5.41, 5.74) is 0. The van der Waals surface area contributed by atoms with Crippen LogP contribution < -0.4 is 0 Å². The van der Waals surface area contributed by atoms with Crippen molar-refractivity contribution >= 4 is 135 Å². The molecule has 5 N–H and O–H groups in total. The molecular formula is C2H14Na4O7P2. The molecule has 7 nitrogen and oxygen atoms in total. The second-order valence-electron chi connectivity index (χ2n) is 0.748. The van der Waals surface area contributed by atoms with Gasteiger partial charge in [-0.25, -0.2) is 0 Å². The van der Waals surface area contributed by atoms with Gasteiger partial charge in [0.2, 0.25) is 0 Å². The molecular weight excluding hydrogens is 290 g/mol. The maximum absolute atomic E-state index is 8.74. The van der Waals surface area contributed by atoms with Gasteiger partial charge in [-0.3, -0.25) is 9.13 Å². The van der Waals surface area contributed by atoms with E-state index in [9.17, 15) is 0 Å². The first-order chi connectivity index (χ1) is 4.88. The average Bonchev–Trinajstić information content (AvgIpc) is 1.60. The molecule has 0 atom stereocenters. The fourth-order valence-electron chi connectivity index (χ4n) is 0. The fraction of sp³-hybridized carbons (Fsp3) is 0. The van der Waals surface area contributed by atoms with Gasteiger partial charge in [0.05, 0.1) is 6.26 Å². The van der Waals surface area contributed by atoms with Crippen molar-refractivity contribution in [1.82, 2.24) is 0 Å². The van der Waals surface area contributed by atoms with Crippen molar-refractivity contribution in [2.75, 3.05) is 0 Å². The third kappa shape index (κ3) is 304. The van der Waals surface area contributed by atoms with Gasteiger partial charge in [-0.2, -0.15) is 0 Å². The van der Waals surface area contributed by atoms with Gasteiger partial charge >= 0.3 is 135 Å². The van der Waals surface area contributed by atoms with Crippen LogP contribution in [0.1, 0.15) is 0 Å². The zero-order chi connectivity index (χ0) is 9.86. The van der Waals surface area contributed by atoms with Crippen LogP contribution in [-0.4, -0.2) is 143 Å². The summed E-state index contributed by atoms with van der Waals surface area (Å²) in [5.74, 6) is 0. The van der Waals surface area contributed by atoms with E-state index in [0.29, 0.717) is 0 Å². The van der Waals surface area contributed by atoms with Crippen molar-refractivity contribution in [3.63, 3.8) is 0 Å². The third-order valence-corrected chi connectivity index (χ3v) is 0. The van der Waals surface area contributed by atoms with Gasteiger partial charge < -0.3 is 24.7 Å². The fourth-order valence-corrected chi connectivity index (χ4v) is 0. The Bertz CT molecular complexity index is 114. The minimum atomic E-state index is -3.13. The van der Waals surface area contributed by atoms with Gasteiger partial charge in [-0.1, -0.05) is 6.58 Å². The first-order valence-corrected chi connectivity index (χ1v) is 4.57. The molecule has 0 fully saturated rings. The zero-order valence-electron chi connectivity index (χ0n) is 5.34. The normalized spacial score (nSPS) is 5.47. The van der Waals surface area contributed by atoms with Crippen molar-refractivity contribution in [3.8, 4) is 0 Å². The summed E-state index contributed by atoms with van der Waals surface area (Å²) in [5, 5.41) is 7.33. The quantitative estimate of drug-likeness (QED) is 0.181. The molecule has 15 heavy (non-hydrogen) atoms. The van der Waals surface area contributed by atoms with E-state index in [2.05, 4.69) is 6.58 Å². The van der Waals surface area contributed by atoms with Gasteiger partial charge in [-0.15, -0.1) is 0 Å². The van der Waals surface area contributed by atoms with E-state index in [1.807, 2.05) is 0 Å². The summed E-state index contributed by atoms with van der Waals surface area (Å²) < 4.78 is 17.5. The van der Waals surface area contributed by atoms with Crippen LogP contribution in [0.3, 0.4) is 0 Å². The van der Waals surface area contributed by atoms with Gasteiger partial charge in [-0.05, 0) is 0 Å². The molecule has 0 aliphatic carbocycles. The molecule has 0 saturated carbocycles. The Morgan fingerprint density at radius 3 is 0.800 bits per heavy atom. The molecule has 13 heteroatoms. The summed E-state index contributed by atoms with van der Waals surface area (Å²) >= 11 is 0. The Hall–Kier alpha value is 3.84. The van der Waals surface area contributed by atoms with Crippen LogP contribution in [0.15, 0.2) is 12.8 Å². The predicted octanol–water partition coefficient (Wildman–Crippen LogP) is -3.18. The molecule has 0 aromatic rings. The van der Waals surface area contributed by atoms with Gasteiger partial charge in [0.1, 0.15) is 0 Å². The second-order valence-corrected chi connectivity index (χ2v) is 1.88. The topological polar surface area (TPSA) is 135 Å². The van der Waals surface area contributed by atoms with Crippen LogP contribution in [0.25, 0.3) is 0 Å². The molecule has 0 aromatic heterocycles. The van der Waals surface area contributed by atoms with E-state index in [-0.39, 0.29) is 118 Å². The Kier molecular flexibility index (Phi) is 123. The first-order valence-electron chi connectivity index (χ1n) is 1.97. The van der Waals surface area contributed by atoms with Crippen LogP contribution >= 0.6 is 16.5 Å². The number of aliphatic hydroxyl groups is 1. The summed E-state index contributed by atoms with van der Waals surface area (Å²) in [6.07, 6.45) is 0.750. The Labute approximate surface area is 178 Å². The first kappa shape index (κ1) is 42.8. The second kappa shape index (κ2) is 43.1. The summed E-state index contributed by atoms with van der Waals surface area (Å²) in [4.78, 5) is 28.6. The van der Waals surface area contributed by atoms with Crippen LogP contribution in [0, 0.1) is 0 Å². The predicted molar refractivity (Wildman–Crippen MR) is 68.3 cm³/mol. The van der Waals surface area contributed by atoms with E-state index >= 15 is 0 Å². The third-order valence-electron chi connectivity index (χ3n) is 0. The van der Waals surface area contributed by atoms with E-state index in [0.717, 1.165) is 6.26 Å². The number of hydrogen-bond donors (Lipinski definition) is 5. The van der Waals surface area contributed by atoms with E-state index < -0.39 is 16.5 Å². The summed E-state index contributed by atoms with van der Waals surface area (Å²) in [7, 11) is -6.26. The number of aliphatic hydroxyl groups excluding tert-OH is 1. The molecule has 0 spiro atoms. The molecule has 0 radical (unpaired) electrons. The molecule has 0 aromatic carbocycles. The molecule has 0 aliphatic rings. The molecule has 0 aliphatic heterocycles. The molecule has 0 heterocycles. The maximum atomic E-state index is 8.74. The summed E-state index contributed by atoms with van der Waals surface area (Å²) in [6, 6.07) is 0. The molecule has 78 valence electrons. The molecule has 0 rings (SSSR count). The standard InChI is InChI=1S/C2H4O.4Na.2H3O3P.4H/c1-2-3;;;;;2*1-4(2)3;;;;/h2-3H,1H2;;;;;2*4H,(H2,1,2,3);;;;. The van der Waals surface area contributed by atoms with Crippen molar-refractivity contribution in [2.45, 2.75) is 0 Å². The van der Waals surface area contributed by atoms with Crippen LogP contribution in [0.2, 0.25) is 0 Å². The molecule has 0 bridgehead atoms. The Balaban J connectivity index is -0.0000000114. The van der Waals surface area contributed by atoms with Crippen LogP contribution in [0.5, 0.6) is 0 Å². The zero-order valence-corrected chi connectivity index (χ0v) is 7.34. The average molecular weight is 304 g/mol. The van der Waals surface area contributed by atoms with E-state index in [4.69, 9.17) is 33.8 Å². The van der Waals surface area contributed by atoms with Gasteiger partial charge in [0.25, 0.3) is 0 Å². The molecule has 0 saturated heterocycles. The van der Waals surface area contributed by atoms with Gasteiger partial charge in [0, 0.05) is 0 Å². The van der Waals surface area contributed by atoms with Crippen molar-refractivity contribution in [1.29, 1.82) is 0 Å². The van der Waals surface area contributed by atoms with Crippen LogP contribution in [-0.2, 0) is 9.13 Å². The molecule has 0 amide bonds. The van der Waals surface area contributed by atoms with Crippen LogP contribution in [0.4, 0.5) is 0 Å². The molecule has 0 unspecified atom stereocenters. The van der Waals surface area contributed by atoms with E-state index in [1.165, 1.54) is 0 Å². The van der Waals surface area contributed by atoms with Gasteiger partial charge in [0.15, 0.2) is 0 Å². The van der Waals surface area contributed by atoms with E-state index in [1.54, 1.807) is 0 Å². The van der Waals surface area contributed by atoms with Crippen molar-refractivity contribution in [2.24, 2.45) is 0 Å². The monoisotopic (exact) mass is 304 g/mol. The Morgan fingerprint density at radius 2 is 0.800 bits per heavy atom. The van der Waals surface area contributed by atoms with Crippen molar-refractivity contribution < 1.29 is 33.8 Å². The SMILES string of the molecule is C=CO.O=[PH](O)O.O=[PH](O)O.[NaH].[NaH].[NaH].[NaH]. The number of hydrogen-bond acceptors (Lipinski definition) is 3. The Morgan fingerprint density at radius 1 is 0.800 bits per heavy atom. The van der Waals surface area contributed by atoms with Crippen molar-refractivity contribution in [3.05, 3.63) is 12.8 Å². The summed E-state index contributed by atoms with van der Waals surface area (Å²) in [6.45, 7) is 2.92. The minimum absolute atomic E-state index is 0.